The Labute approximate surface area is 122 Å². The number of nitrogens with two attached hydrogens (primary N) is 1. The van der Waals surface area contributed by atoms with Crippen molar-refractivity contribution in [2.24, 2.45) is 0 Å². The lowest BCUT2D eigenvalue weighted by atomic mass is 10.1. The molecule has 1 unspecified atom stereocenters. The van der Waals surface area contributed by atoms with E-state index in [-0.39, 0.29) is 0 Å². The van der Waals surface area contributed by atoms with Crippen molar-refractivity contribution in [2.75, 3.05) is 17.7 Å². The van der Waals surface area contributed by atoms with Gasteiger partial charge in [0.1, 0.15) is 5.52 Å². The first-order chi connectivity index (χ1) is 9.72. The van der Waals surface area contributed by atoms with Gasteiger partial charge in [0.2, 0.25) is 5.95 Å². The van der Waals surface area contributed by atoms with Crippen LogP contribution in [-0.2, 0) is 0 Å². The number of nitrogens with zero attached hydrogens (tertiary/aromatic N) is 3. The van der Waals surface area contributed by atoms with E-state index in [2.05, 4.69) is 33.8 Å². The molecule has 5 heteroatoms. The highest BCUT2D eigenvalue weighted by molar-refractivity contribution is 7.98. The first-order valence-corrected chi connectivity index (χ1v) is 8.12. The molecule has 0 bridgehead atoms. The number of pyridine rings is 1. The van der Waals surface area contributed by atoms with Gasteiger partial charge in [-0.25, -0.2) is 4.98 Å². The molecule has 3 rings (SSSR count). The molecule has 0 aliphatic heterocycles. The number of nitrogen functional groups attached to an aromatic ring is 1. The summed E-state index contributed by atoms with van der Waals surface area (Å²) in [5.41, 5.74) is 9.09. The van der Waals surface area contributed by atoms with E-state index >= 15 is 0 Å². The molecule has 0 aliphatic rings. The molecule has 20 heavy (non-hydrogen) atoms. The first-order valence-electron chi connectivity index (χ1n) is 6.72. The Hall–Kier alpha value is -1.75. The van der Waals surface area contributed by atoms with Gasteiger partial charge in [-0.05, 0) is 31.4 Å². The monoisotopic (exact) mass is 286 g/mol. The second-order valence-corrected chi connectivity index (χ2v) is 5.97. The average Bonchev–Trinajstić information content (AvgIpc) is 2.81. The van der Waals surface area contributed by atoms with Crippen molar-refractivity contribution in [3.63, 3.8) is 0 Å². The lowest BCUT2D eigenvalue weighted by Crippen LogP contribution is -2.10. The van der Waals surface area contributed by atoms with Crippen LogP contribution in [0, 0.1) is 0 Å². The number of hydrogen-bond acceptors (Lipinski definition) is 4. The van der Waals surface area contributed by atoms with Gasteiger partial charge in [-0.2, -0.15) is 11.8 Å². The van der Waals surface area contributed by atoms with Gasteiger partial charge in [0, 0.05) is 11.4 Å². The molecule has 1 atom stereocenters. The molecule has 1 aromatic carbocycles. The number of hydrogen-bond donors (Lipinski definition) is 1. The van der Waals surface area contributed by atoms with Gasteiger partial charge in [-0.15, -0.1) is 0 Å². The lowest BCUT2D eigenvalue weighted by molar-refractivity contribution is 0.557. The second kappa shape index (κ2) is 5.32. The fraction of sp³-hybridized carbons (Fsp3) is 0.333. The minimum atomic E-state index is 0.332. The molecule has 0 fully saturated rings. The molecule has 104 valence electrons. The zero-order valence-corrected chi connectivity index (χ0v) is 12.5. The maximum atomic E-state index is 6.13. The van der Waals surface area contributed by atoms with Crippen LogP contribution in [0.5, 0.6) is 0 Å². The van der Waals surface area contributed by atoms with Crippen LogP contribution in [-0.4, -0.2) is 26.5 Å². The van der Waals surface area contributed by atoms with E-state index < -0.39 is 0 Å². The van der Waals surface area contributed by atoms with Crippen molar-refractivity contribution < 1.29 is 0 Å². The maximum Gasteiger partial charge on any atom is 0.201 e. The highest BCUT2D eigenvalue weighted by Crippen LogP contribution is 2.30. The smallest absolute Gasteiger partial charge is 0.201 e. The van der Waals surface area contributed by atoms with Gasteiger partial charge >= 0.3 is 0 Å². The highest BCUT2D eigenvalue weighted by atomic mass is 32.2. The van der Waals surface area contributed by atoms with Crippen LogP contribution in [0.1, 0.15) is 19.4 Å². The molecule has 4 nitrogen and oxygen atoms in total. The van der Waals surface area contributed by atoms with Crippen molar-refractivity contribution in [2.45, 2.75) is 19.4 Å². The molecular weight excluding hydrogens is 268 g/mol. The van der Waals surface area contributed by atoms with Crippen LogP contribution >= 0.6 is 11.8 Å². The standard InChI is InChI=1S/C15H18N4S/c1-10(7-8-20-2)19-14-11-5-3-4-6-12(11)17-9-13(14)18-15(19)16/h3-6,9-10H,7-8H2,1-2H3,(H2,16,18). The normalized spacial score (nSPS) is 13.1. The minimum Gasteiger partial charge on any atom is -0.369 e. The van der Waals surface area contributed by atoms with Crippen molar-refractivity contribution >= 4 is 39.6 Å². The zero-order chi connectivity index (χ0) is 14.1. The van der Waals surface area contributed by atoms with Gasteiger partial charge < -0.3 is 10.3 Å². The third-order valence-corrected chi connectivity index (χ3v) is 4.27. The number of anilines is 1. The summed E-state index contributed by atoms with van der Waals surface area (Å²) >= 11 is 1.86. The average molecular weight is 286 g/mol. The number of benzene rings is 1. The van der Waals surface area contributed by atoms with E-state index in [1.807, 2.05) is 36.2 Å². The highest BCUT2D eigenvalue weighted by Gasteiger charge is 2.16. The summed E-state index contributed by atoms with van der Waals surface area (Å²) in [5.74, 6) is 1.69. The third kappa shape index (κ3) is 2.12. The van der Waals surface area contributed by atoms with E-state index in [4.69, 9.17) is 5.73 Å². The molecule has 2 aromatic heterocycles. The summed E-state index contributed by atoms with van der Waals surface area (Å²) < 4.78 is 2.15. The van der Waals surface area contributed by atoms with Gasteiger partial charge in [0.25, 0.3) is 0 Å². The summed E-state index contributed by atoms with van der Waals surface area (Å²) in [6.45, 7) is 2.20. The maximum absolute atomic E-state index is 6.13. The number of fused-ring (bicyclic) bond motifs is 3. The summed E-state index contributed by atoms with van der Waals surface area (Å²) in [7, 11) is 0. The van der Waals surface area contributed by atoms with Crippen LogP contribution < -0.4 is 5.73 Å². The summed E-state index contributed by atoms with van der Waals surface area (Å²) in [4.78, 5) is 8.91. The van der Waals surface area contributed by atoms with Crippen molar-refractivity contribution in [3.05, 3.63) is 30.5 Å². The van der Waals surface area contributed by atoms with Crippen molar-refractivity contribution in [1.82, 2.24) is 14.5 Å². The molecule has 0 saturated heterocycles. The zero-order valence-electron chi connectivity index (χ0n) is 11.7. The summed E-state index contributed by atoms with van der Waals surface area (Å²) in [6, 6.07) is 8.47. The Kier molecular flexibility index (Phi) is 3.53. The van der Waals surface area contributed by atoms with E-state index in [1.165, 1.54) is 0 Å². The number of aromatic nitrogens is 3. The predicted molar refractivity (Wildman–Crippen MR) is 87.2 cm³/mol. The van der Waals surface area contributed by atoms with E-state index in [0.29, 0.717) is 12.0 Å². The molecule has 0 amide bonds. The Bertz CT molecular complexity index is 750. The van der Waals surface area contributed by atoms with Crippen LogP contribution in [0.4, 0.5) is 5.95 Å². The fourth-order valence-corrected chi connectivity index (χ4v) is 3.18. The minimum absolute atomic E-state index is 0.332. The van der Waals surface area contributed by atoms with Crippen LogP contribution in [0.15, 0.2) is 30.5 Å². The molecule has 2 N–H and O–H groups in total. The van der Waals surface area contributed by atoms with E-state index in [9.17, 15) is 0 Å². The number of thioether (sulfide) groups is 1. The Morgan fingerprint density at radius 2 is 2.10 bits per heavy atom. The number of imidazole rings is 1. The molecule has 3 aromatic rings. The number of rotatable bonds is 4. The van der Waals surface area contributed by atoms with Crippen molar-refractivity contribution in [3.8, 4) is 0 Å². The third-order valence-electron chi connectivity index (χ3n) is 3.63. The van der Waals surface area contributed by atoms with Crippen LogP contribution in [0.3, 0.4) is 0 Å². The molecule has 0 saturated carbocycles. The van der Waals surface area contributed by atoms with Crippen molar-refractivity contribution in [1.29, 1.82) is 0 Å². The van der Waals surface area contributed by atoms with Gasteiger partial charge in [0.05, 0.1) is 17.2 Å². The van der Waals surface area contributed by atoms with Gasteiger partial charge in [0.15, 0.2) is 0 Å². The van der Waals surface area contributed by atoms with E-state index in [0.717, 1.165) is 34.1 Å². The Morgan fingerprint density at radius 3 is 2.90 bits per heavy atom. The second-order valence-electron chi connectivity index (χ2n) is 4.98. The predicted octanol–water partition coefficient (Wildman–Crippen LogP) is 3.48. The largest absolute Gasteiger partial charge is 0.369 e. The molecule has 0 radical (unpaired) electrons. The quantitative estimate of drug-likeness (QED) is 0.797. The summed E-state index contributed by atoms with van der Waals surface area (Å²) in [6.07, 6.45) is 5.01. The molecule has 0 spiro atoms. The first kappa shape index (κ1) is 13.2. The van der Waals surface area contributed by atoms with Crippen LogP contribution in [0.25, 0.3) is 21.9 Å². The van der Waals surface area contributed by atoms with Gasteiger partial charge in [-0.1, -0.05) is 18.2 Å². The van der Waals surface area contributed by atoms with E-state index in [1.54, 1.807) is 0 Å². The molecular formula is C15H18N4S. The van der Waals surface area contributed by atoms with Gasteiger partial charge in [-0.3, -0.25) is 4.98 Å². The Morgan fingerprint density at radius 1 is 1.30 bits per heavy atom. The summed E-state index contributed by atoms with van der Waals surface area (Å²) in [5, 5.41) is 1.12. The molecule has 2 heterocycles. The lowest BCUT2D eigenvalue weighted by Gasteiger charge is -2.16. The Balaban J connectivity index is 2.24. The number of para-hydroxylation sites is 1. The van der Waals surface area contributed by atoms with Crippen LogP contribution in [0.2, 0.25) is 0 Å². The SMILES string of the molecule is CSCCC(C)n1c(N)nc2cnc3ccccc3c21. The fourth-order valence-electron chi connectivity index (χ4n) is 2.61. The molecule has 0 aliphatic carbocycles. The topological polar surface area (TPSA) is 56.7 Å².